The van der Waals surface area contributed by atoms with Gasteiger partial charge in [-0.1, -0.05) is 35.3 Å². The highest BCUT2D eigenvalue weighted by molar-refractivity contribution is 6.32. The average molecular weight is 314 g/mol. The fourth-order valence-corrected chi connectivity index (χ4v) is 2.07. The Morgan fingerprint density at radius 2 is 1.90 bits per heavy atom. The van der Waals surface area contributed by atoms with Gasteiger partial charge in [-0.15, -0.1) is 0 Å². The van der Waals surface area contributed by atoms with Crippen LogP contribution in [-0.2, 0) is 6.61 Å². The Kier molecular flexibility index (Phi) is 4.86. The Bertz CT molecular complexity index is 617. The van der Waals surface area contributed by atoms with Gasteiger partial charge in [-0.05, 0) is 42.3 Å². The van der Waals surface area contributed by atoms with E-state index in [-0.39, 0.29) is 17.7 Å². The van der Waals surface area contributed by atoms with Gasteiger partial charge in [0.05, 0.1) is 10.0 Å². The van der Waals surface area contributed by atoms with Crippen molar-refractivity contribution in [1.29, 1.82) is 0 Å². The van der Waals surface area contributed by atoms with E-state index in [1.165, 1.54) is 12.1 Å². The van der Waals surface area contributed by atoms with Crippen LogP contribution in [0.3, 0.4) is 0 Å². The molecule has 5 heteroatoms. The molecule has 106 valence electrons. The monoisotopic (exact) mass is 313 g/mol. The van der Waals surface area contributed by atoms with Gasteiger partial charge in [0.15, 0.2) is 0 Å². The molecule has 0 heterocycles. The smallest absolute Gasteiger partial charge is 0.142 e. The summed E-state index contributed by atoms with van der Waals surface area (Å²) < 4.78 is 18.9. The lowest BCUT2D eigenvalue weighted by molar-refractivity contribution is 0.305. The highest BCUT2D eigenvalue weighted by Gasteiger charge is 2.07. The molecule has 0 aliphatic rings. The lowest BCUT2D eigenvalue weighted by atomic mass is 10.1. The molecule has 0 aromatic heterocycles. The summed E-state index contributed by atoms with van der Waals surface area (Å²) in [4.78, 5) is 0. The number of rotatable bonds is 4. The minimum Gasteiger partial charge on any atom is -0.487 e. The average Bonchev–Trinajstić information content (AvgIpc) is 2.41. The van der Waals surface area contributed by atoms with E-state index >= 15 is 0 Å². The van der Waals surface area contributed by atoms with Crippen LogP contribution in [0.1, 0.15) is 24.1 Å². The summed E-state index contributed by atoms with van der Waals surface area (Å²) >= 11 is 11.7. The number of ether oxygens (including phenoxy) is 1. The fourth-order valence-electron chi connectivity index (χ4n) is 1.71. The summed E-state index contributed by atoms with van der Waals surface area (Å²) in [6, 6.07) is 9.83. The van der Waals surface area contributed by atoms with Gasteiger partial charge in [-0.2, -0.15) is 0 Å². The van der Waals surface area contributed by atoms with E-state index < -0.39 is 5.82 Å². The maximum absolute atomic E-state index is 13.3. The molecule has 0 saturated carbocycles. The number of halogens is 3. The zero-order valence-electron chi connectivity index (χ0n) is 10.9. The largest absolute Gasteiger partial charge is 0.487 e. The Balaban J connectivity index is 2.09. The quantitative estimate of drug-likeness (QED) is 0.885. The molecule has 1 unspecified atom stereocenters. The highest BCUT2D eigenvalue weighted by Crippen LogP contribution is 2.28. The van der Waals surface area contributed by atoms with Crippen LogP contribution in [0.15, 0.2) is 36.4 Å². The van der Waals surface area contributed by atoms with E-state index in [2.05, 4.69) is 0 Å². The third-order valence-electron chi connectivity index (χ3n) is 2.86. The van der Waals surface area contributed by atoms with Crippen LogP contribution in [-0.4, -0.2) is 0 Å². The van der Waals surface area contributed by atoms with Crippen LogP contribution >= 0.6 is 23.2 Å². The highest BCUT2D eigenvalue weighted by atomic mass is 35.5. The number of benzene rings is 2. The Hall–Kier alpha value is -1.29. The van der Waals surface area contributed by atoms with Crippen molar-refractivity contribution in [2.24, 2.45) is 5.73 Å². The zero-order chi connectivity index (χ0) is 14.7. The third-order valence-corrected chi connectivity index (χ3v) is 3.46. The SMILES string of the molecule is CC(N)c1ccc(OCc2ccc(Cl)c(F)c2)c(Cl)c1. The second-order valence-electron chi connectivity index (χ2n) is 4.52. The first kappa shape index (κ1) is 15.1. The number of hydrogen-bond acceptors (Lipinski definition) is 2. The molecule has 2 rings (SSSR count). The van der Waals surface area contributed by atoms with E-state index in [0.29, 0.717) is 16.3 Å². The number of hydrogen-bond donors (Lipinski definition) is 1. The molecule has 0 radical (unpaired) electrons. The first-order chi connectivity index (χ1) is 9.47. The molecule has 0 fully saturated rings. The van der Waals surface area contributed by atoms with E-state index in [0.717, 1.165) is 5.56 Å². The van der Waals surface area contributed by atoms with Crippen LogP contribution in [0.5, 0.6) is 5.75 Å². The predicted molar refractivity (Wildman–Crippen MR) is 79.8 cm³/mol. The maximum Gasteiger partial charge on any atom is 0.142 e. The second kappa shape index (κ2) is 6.44. The van der Waals surface area contributed by atoms with E-state index in [1.807, 2.05) is 13.0 Å². The molecular formula is C15H14Cl2FNO. The molecule has 2 nitrogen and oxygen atoms in total. The van der Waals surface area contributed by atoms with Crippen molar-refractivity contribution in [1.82, 2.24) is 0 Å². The van der Waals surface area contributed by atoms with Crippen molar-refractivity contribution in [2.45, 2.75) is 19.6 Å². The van der Waals surface area contributed by atoms with Crippen LogP contribution in [0, 0.1) is 5.82 Å². The van der Waals surface area contributed by atoms with Crippen molar-refractivity contribution in [3.05, 3.63) is 63.4 Å². The molecule has 20 heavy (non-hydrogen) atoms. The first-order valence-electron chi connectivity index (χ1n) is 6.09. The summed E-state index contributed by atoms with van der Waals surface area (Å²) in [5.41, 5.74) is 7.39. The van der Waals surface area contributed by atoms with Gasteiger partial charge in [-0.3, -0.25) is 0 Å². The zero-order valence-corrected chi connectivity index (χ0v) is 12.4. The van der Waals surface area contributed by atoms with Gasteiger partial charge in [0, 0.05) is 6.04 Å². The lowest BCUT2D eigenvalue weighted by Crippen LogP contribution is -2.05. The van der Waals surface area contributed by atoms with Crippen LogP contribution in [0.4, 0.5) is 4.39 Å². The summed E-state index contributed by atoms with van der Waals surface area (Å²) in [6.45, 7) is 2.09. The van der Waals surface area contributed by atoms with Crippen molar-refractivity contribution in [3.8, 4) is 5.75 Å². The first-order valence-corrected chi connectivity index (χ1v) is 6.84. The fraction of sp³-hybridized carbons (Fsp3) is 0.200. The molecule has 2 N–H and O–H groups in total. The standard InChI is InChI=1S/C15H14Cl2FNO/c1-9(19)11-3-5-15(13(17)7-11)20-8-10-2-4-12(16)14(18)6-10/h2-7,9H,8,19H2,1H3. The van der Waals surface area contributed by atoms with Gasteiger partial charge >= 0.3 is 0 Å². The van der Waals surface area contributed by atoms with Crippen molar-refractivity contribution in [2.75, 3.05) is 0 Å². The van der Waals surface area contributed by atoms with Crippen molar-refractivity contribution >= 4 is 23.2 Å². The predicted octanol–water partition coefficient (Wildman–Crippen LogP) is 4.73. The molecule has 0 aliphatic heterocycles. The molecule has 0 aliphatic carbocycles. The minimum absolute atomic E-state index is 0.0908. The summed E-state index contributed by atoms with van der Waals surface area (Å²) in [5.74, 6) is 0.0672. The summed E-state index contributed by atoms with van der Waals surface area (Å²) in [5, 5.41) is 0.572. The van der Waals surface area contributed by atoms with Crippen molar-refractivity contribution in [3.63, 3.8) is 0 Å². The van der Waals surface area contributed by atoms with Gasteiger partial charge < -0.3 is 10.5 Å². The third kappa shape index (κ3) is 3.63. The van der Waals surface area contributed by atoms with Gasteiger partial charge in [0.1, 0.15) is 18.2 Å². The normalized spacial score (nSPS) is 12.2. The van der Waals surface area contributed by atoms with Gasteiger partial charge in [0.25, 0.3) is 0 Å². The van der Waals surface area contributed by atoms with Crippen LogP contribution < -0.4 is 10.5 Å². The van der Waals surface area contributed by atoms with Crippen LogP contribution in [0.2, 0.25) is 10.0 Å². The topological polar surface area (TPSA) is 35.2 Å². The van der Waals surface area contributed by atoms with Crippen molar-refractivity contribution < 1.29 is 9.13 Å². The van der Waals surface area contributed by atoms with Gasteiger partial charge in [-0.25, -0.2) is 4.39 Å². The molecule has 2 aromatic carbocycles. The van der Waals surface area contributed by atoms with E-state index in [9.17, 15) is 4.39 Å². The Morgan fingerprint density at radius 1 is 1.15 bits per heavy atom. The Labute approximate surface area is 127 Å². The number of nitrogens with two attached hydrogens (primary N) is 1. The second-order valence-corrected chi connectivity index (χ2v) is 5.33. The molecule has 1 atom stereocenters. The summed E-state index contributed by atoms with van der Waals surface area (Å²) in [6.07, 6.45) is 0. The molecule has 0 amide bonds. The Morgan fingerprint density at radius 3 is 2.50 bits per heavy atom. The van der Waals surface area contributed by atoms with Gasteiger partial charge in [0.2, 0.25) is 0 Å². The molecule has 2 aromatic rings. The molecule has 0 spiro atoms. The maximum atomic E-state index is 13.3. The minimum atomic E-state index is -0.467. The van der Waals surface area contributed by atoms with E-state index in [1.54, 1.807) is 18.2 Å². The molecule has 0 saturated heterocycles. The van der Waals surface area contributed by atoms with E-state index in [4.69, 9.17) is 33.7 Å². The molecular weight excluding hydrogens is 300 g/mol. The molecule has 0 bridgehead atoms. The van der Waals surface area contributed by atoms with Crippen LogP contribution in [0.25, 0.3) is 0 Å². The summed E-state index contributed by atoms with van der Waals surface area (Å²) in [7, 11) is 0. The lowest BCUT2D eigenvalue weighted by Gasteiger charge is -2.11.